The molecular weight excluding hydrogens is 334 g/mol. The number of rotatable bonds is 3. The van der Waals surface area contributed by atoms with E-state index in [0.717, 1.165) is 21.9 Å². The quantitative estimate of drug-likeness (QED) is 0.725. The molecule has 0 bridgehead atoms. The summed E-state index contributed by atoms with van der Waals surface area (Å²) in [5.74, 6) is 0.150. The van der Waals surface area contributed by atoms with E-state index in [-0.39, 0.29) is 18.1 Å². The van der Waals surface area contributed by atoms with Crippen molar-refractivity contribution in [2.24, 2.45) is 0 Å². The van der Waals surface area contributed by atoms with Crippen molar-refractivity contribution >= 4 is 22.2 Å². The normalized spacial score (nSPS) is 21.0. The van der Waals surface area contributed by atoms with Gasteiger partial charge in [-0.2, -0.15) is 0 Å². The van der Waals surface area contributed by atoms with Gasteiger partial charge >= 0.3 is 0 Å². The van der Waals surface area contributed by atoms with E-state index in [1.807, 2.05) is 65.1 Å². The number of carbonyl (C=O) groups is 1. The molecule has 3 aromatic rings. The number of amides is 1. The van der Waals surface area contributed by atoms with Crippen molar-refractivity contribution in [1.29, 1.82) is 0 Å². The fourth-order valence-electron chi connectivity index (χ4n) is 3.35. The van der Waals surface area contributed by atoms with Crippen LogP contribution >= 0.6 is 11.3 Å². The number of ether oxygens (including phenoxy) is 1. The Morgan fingerprint density at radius 2 is 1.96 bits per heavy atom. The number of hydrogen-bond donors (Lipinski definition) is 0. The van der Waals surface area contributed by atoms with Crippen molar-refractivity contribution in [3.63, 3.8) is 0 Å². The third-order valence-electron chi connectivity index (χ3n) is 4.46. The summed E-state index contributed by atoms with van der Waals surface area (Å²) in [5, 5.41) is 2.03. The fourth-order valence-corrected chi connectivity index (χ4v) is 4.23. The zero-order valence-electron chi connectivity index (χ0n) is 14.4. The molecule has 0 radical (unpaired) electrons. The Labute approximate surface area is 150 Å². The molecule has 2 aromatic heterocycles. The van der Waals surface area contributed by atoms with E-state index in [1.165, 1.54) is 0 Å². The SMILES string of the molecule is C[C@@H]1CN(C(=O)Cc2csc3nc(-c4ccccc4)cn23)C[C@H](C)O1. The molecule has 6 heteroatoms. The Morgan fingerprint density at radius 3 is 2.68 bits per heavy atom. The van der Waals surface area contributed by atoms with E-state index in [2.05, 4.69) is 4.98 Å². The Balaban J connectivity index is 1.55. The van der Waals surface area contributed by atoms with E-state index in [9.17, 15) is 4.79 Å². The lowest BCUT2D eigenvalue weighted by atomic mass is 10.2. The molecule has 4 rings (SSSR count). The molecule has 1 amide bonds. The van der Waals surface area contributed by atoms with Gasteiger partial charge in [0, 0.05) is 35.9 Å². The van der Waals surface area contributed by atoms with Gasteiger partial charge in [-0.15, -0.1) is 11.3 Å². The molecule has 25 heavy (non-hydrogen) atoms. The van der Waals surface area contributed by atoms with Crippen LogP contribution in [-0.4, -0.2) is 45.5 Å². The fraction of sp³-hybridized carbons (Fsp3) is 0.368. The van der Waals surface area contributed by atoms with E-state index in [4.69, 9.17) is 4.74 Å². The Bertz CT molecular complexity index is 877. The Morgan fingerprint density at radius 1 is 1.24 bits per heavy atom. The summed E-state index contributed by atoms with van der Waals surface area (Å²) >= 11 is 1.58. The minimum absolute atomic E-state index is 0.0909. The monoisotopic (exact) mass is 355 g/mol. The molecule has 0 N–H and O–H groups in total. The topological polar surface area (TPSA) is 46.8 Å². The van der Waals surface area contributed by atoms with Crippen molar-refractivity contribution in [2.45, 2.75) is 32.5 Å². The molecule has 130 valence electrons. The first-order valence-electron chi connectivity index (χ1n) is 8.54. The number of morpholine rings is 1. The number of nitrogens with zero attached hydrogens (tertiary/aromatic N) is 3. The third kappa shape index (κ3) is 3.32. The maximum atomic E-state index is 12.7. The van der Waals surface area contributed by atoms with Crippen molar-refractivity contribution in [3.05, 3.63) is 47.6 Å². The van der Waals surface area contributed by atoms with Gasteiger partial charge in [-0.1, -0.05) is 30.3 Å². The van der Waals surface area contributed by atoms with Crippen LogP contribution in [0.1, 0.15) is 19.5 Å². The average molecular weight is 355 g/mol. The van der Waals surface area contributed by atoms with E-state index < -0.39 is 0 Å². The van der Waals surface area contributed by atoms with Crippen LogP contribution in [0.4, 0.5) is 0 Å². The molecule has 5 nitrogen and oxygen atoms in total. The second kappa shape index (κ2) is 6.61. The van der Waals surface area contributed by atoms with Crippen molar-refractivity contribution < 1.29 is 9.53 Å². The lowest BCUT2D eigenvalue weighted by molar-refractivity contribution is -0.142. The van der Waals surface area contributed by atoms with Crippen molar-refractivity contribution in [2.75, 3.05) is 13.1 Å². The molecule has 0 spiro atoms. The molecule has 0 unspecified atom stereocenters. The molecule has 3 heterocycles. The number of benzene rings is 1. The predicted octanol–water partition coefficient (Wildman–Crippen LogP) is 3.24. The highest BCUT2D eigenvalue weighted by Gasteiger charge is 2.26. The van der Waals surface area contributed by atoms with Crippen LogP contribution in [0.5, 0.6) is 0 Å². The Hall–Kier alpha value is -2.18. The predicted molar refractivity (Wildman–Crippen MR) is 98.8 cm³/mol. The average Bonchev–Trinajstić information content (AvgIpc) is 3.17. The highest BCUT2D eigenvalue weighted by Crippen LogP contribution is 2.24. The second-order valence-electron chi connectivity index (χ2n) is 6.60. The van der Waals surface area contributed by atoms with Crippen LogP contribution in [0.3, 0.4) is 0 Å². The van der Waals surface area contributed by atoms with E-state index in [0.29, 0.717) is 19.5 Å². The van der Waals surface area contributed by atoms with Crippen LogP contribution in [0.2, 0.25) is 0 Å². The molecule has 2 atom stereocenters. The number of aromatic nitrogens is 2. The minimum atomic E-state index is 0.0909. The first-order valence-corrected chi connectivity index (χ1v) is 9.42. The third-order valence-corrected chi connectivity index (χ3v) is 5.35. The summed E-state index contributed by atoms with van der Waals surface area (Å²) in [6.07, 6.45) is 2.60. The molecule has 1 saturated heterocycles. The molecule has 1 aliphatic heterocycles. The van der Waals surface area contributed by atoms with Crippen LogP contribution in [-0.2, 0) is 16.0 Å². The van der Waals surface area contributed by atoms with Gasteiger partial charge in [0.15, 0.2) is 4.96 Å². The highest BCUT2D eigenvalue weighted by molar-refractivity contribution is 7.15. The van der Waals surface area contributed by atoms with E-state index in [1.54, 1.807) is 11.3 Å². The summed E-state index contributed by atoms with van der Waals surface area (Å²) < 4.78 is 7.76. The minimum Gasteiger partial charge on any atom is -0.372 e. The van der Waals surface area contributed by atoms with Gasteiger partial charge in [-0.25, -0.2) is 4.98 Å². The summed E-state index contributed by atoms with van der Waals surface area (Å²) in [6.45, 7) is 5.35. The van der Waals surface area contributed by atoms with Crippen molar-refractivity contribution in [1.82, 2.24) is 14.3 Å². The van der Waals surface area contributed by atoms with Crippen LogP contribution in [0.25, 0.3) is 16.2 Å². The maximum absolute atomic E-state index is 12.7. The smallest absolute Gasteiger partial charge is 0.228 e. The van der Waals surface area contributed by atoms with Gasteiger partial charge in [-0.3, -0.25) is 9.20 Å². The van der Waals surface area contributed by atoms with E-state index >= 15 is 0 Å². The zero-order valence-corrected chi connectivity index (χ0v) is 15.2. The summed E-state index contributed by atoms with van der Waals surface area (Å²) in [5.41, 5.74) is 3.02. The van der Waals surface area contributed by atoms with Gasteiger partial charge in [-0.05, 0) is 13.8 Å². The number of hydrogen-bond acceptors (Lipinski definition) is 4. The van der Waals surface area contributed by atoms with Gasteiger partial charge in [0.2, 0.25) is 5.91 Å². The lowest BCUT2D eigenvalue weighted by Gasteiger charge is -2.35. The van der Waals surface area contributed by atoms with Gasteiger partial charge < -0.3 is 9.64 Å². The summed E-state index contributed by atoms with van der Waals surface area (Å²) in [4.78, 5) is 20.2. The molecule has 1 fully saturated rings. The van der Waals surface area contributed by atoms with Crippen LogP contribution < -0.4 is 0 Å². The zero-order chi connectivity index (χ0) is 17.4. The van der Waals surface area contributed by atoms with Crippen LogP contribution in [0, 0.1) is 0 Å². The molecule has 0 saturated carbocycles. The molecule has 1 aromatic carbocycles. The number of imidazole rings is 1. The van der Waals surface area contributed by atoms with Gasteiger partial charge in [0.05, 0.1) is 24.3 Å². The number of fused-ring (bicyclic) bond motifs is 1. The standard InChI is InChI=1S/C19H21N3O2S/c1-13-9-21(10-14(2)24-13)18(23)8-16-12-25-19-20-17(11-22(16)19)15-6-4-3-5-7-15/h3-7,11-14H,8-10H2,1-2H3/t13-,14+. The second-order valence-corrected chi connectivity index (χ2v) is 7.44. The molecule has 0 aliphatic carbocycles. The van der Waals surface area contributed by atoms with Gasteiger partial charge in [0.1, 0.15) is 0 Å². The largest absolute Gasteiger partial charge is 0.372 e. The van der Waals surface area contributed by atoms with Crippen molar-refractivity contribution in [3.8, 4) is 11.3 Å². The maximum Gasteiger partial charge on any atom is 0.228 e. The highest BCUT2D eigenvalue weighted by atomic mass is 32.1. The molecular formula is C19H21N3O2S. The lowest BCUT2D eigenvalue weighted by Crippen LogP contribution is -2.48. The Kier molecular flexibility index (Phi) is 4.31. The van der Waals surface area contributed by atoms with Gasteiger partial charge in [0.25, 0.3) is 0 Å². The summed E-state index contributed by atoms with van der Waals surface area (Å²) in [6, 6.07) is 10.1. The first-order chi connectivity index (χ1) is 12.1. The number of thiazole rings is 1. The summed E-state index contributed by atoms with van der Waals surface area (Å²) in [7, 11) is 0. The molecule has 1 aliphatic rings. The first kappa shape index (κ1) is 16.3. The number of carbonyl (C=O) groups excluding carboxylic acids is 1. The van der Waals surface area contributed by atoms with Crippen LogP contribution in [0.15, 0.2) is 41.9 Å².